The lowest BCUT2D eigenvalue weighted by Gasteiger charge is -2.36. The Morgan fingerprint density at radius 2 is 1.80 bits per heavy atom. The highest BCUT2D eigenvalue weighted by Gasteiger charge is 2.31. The van der Waals surface area contributed by atoms with Crippen LogP contribution in [0.3, 0.4) is 0 Å². The van der Waals surface area contributed by atoms with Crippen molar-refractivity contribution in [1.29, 1.82) is 0 Å². The molecule has 134 valence electrons. The standard InChI is InChI=1S/C20H25NO4/c1-21-10-9-14-12-17(24-3)19(22)20(25-4)18(14)16(21)11-13-5-7-15(23-2)8-6-13/h5-8,12,16,22H,9-11H2,1-4H3. The highest BCUT2D eigenvalue weighted by Crippen LogP contribution is 2.47. The zero-order chi connectivity index (χ0) is 18.0. The van der Waals surface area contributed by atoms with E-state index >= 15 is 0 Å². The number of methoxy groups -OCH3 is 3. The summed E-state index contributed by atoms with van der Waals surface area (Å²) in [6.45, 7) is 0.949. The van der Waals surface area contributed by atoms with Crippen molar-refractivity contribution < 1.29 is 19.3 Å². The van der Waals surface area contributed by atoms with Gasteiger partial charge in [-0.3, -0.25) is 4.90 Å². The SMILES string of the molecule is COc1ccc(CC2c3c(cc(OC)c(O)c3OC)CCN2C)cc1. The fraction of sp³-hybridized carbons (Fsp3) is 0.400. The largest absolute Gasteiger partial charge is 0.502 e. The first-order valence-corrected chi connectivity index (χ1v) is 8.39. The van der Waals surface area contributed by atoms with E-state index in [1.807, 2.05) is 18.2 Å². The zero-order valence-electron chi connectivity index (χ0n) is 15.2. The smallest absolute Gasteiger partial charge is 0.201 e. The van der Waals surface area contributed by atoms with Gasteiger partial charge in [0.15, 0.2) is 11.5 Å². The van der Waals surface area contributed by atoms with E-state index in [0.717, 1.165) is 30.7 Å². The molecule has 1 unspecified atom stereocenters. The summed E-state index contributed by atoms with van der Waals surface area (Å²) >= 11 is 0. The Hall–Kier alpha value is -2.40. The molecule has 5 nitrogen and oxygen atoms in total. The van der Waals surface area contributed by atoms with Gasteiger partial charge in [0, 0.05) is 18.2 Å². The van der Waals surface area contributed by atoms with Crippen molar-refractivity contribution in [2.75, 3.05) is 34.9 Å². The summed E-state index contributed by atoms with van der Waals surface area (Å²) in [4.78, 5) is 2.31. The van der Waals surface area contributed by atoms with Gasteiger partial charge in [0.05, 0.1) is 21.3 Å². The van der Waals surface area contributed by atoms with Crippen LogP contribution in [0.1, 0.15) is 22.7 Å². The first-order chi connectivity index (χ1) is 12.1. The van der Waals surface area contributed by atoms with E-state index in [0.29, 0.717) is 11.5 Å². The van der Waals surface area contributed by atoms with Crippen LogP contribution in [-0.2, 0) is 12.8 Å². The van der Waals surface area contributed by atoms with Gasteiger partial charge in [-0.1, -0.05) is 12.1 Å². The molecule has 0 aromatic heterocycles. The number of hydrogen-bond acceptors (Lipinski definition) is 5. The average molecular weight is 343 g/mol. The van der Waals surface area contributed by atoms with Gasteiger partial charge in [0.25, 0.3) is 0 Å². The quantitative estimate of drug-likeness (QED) is 0.904. The molecule has 1 aliphatic rings. The minimum absolute atomic E-state index is 0.0683. The van der Waals surface area contributed by atoms with E-state index < -0.39 is 0 Å². The first kappa shape index (κ1) is 17.4. The molecule has 1 aliphatic heterocycles. The normalized spacial score (nSPS) is 17.0. The molecule has 0 bridgehead atoms. The van der Waals surface area contributed by atoms with E-state index in [2.05, 4.69) is 24.1 Å². The van der Waals surface area contributed by atoms with Gasteiger partial charge >= 0.3 is 0 Å². The predicted octanol–water partition coefficient (Wildman–Crippen LogP) is 3.19. The summed E-state index contributed by atoms with van der Waals surface area (Å²) in [5, 5.41) is 10.5. The maximum absolute atomic E-state index is 10.5. The van der Waals surface area contributed by atoms with Crippen molar-refractivity contribution in [2.45, 2.75) is 18.9 Å². The van der Waals surface area contributed by atoms with E-state index in [4.69, 9.17) is 14.2 Å². The lowest BCUT2D eigenvalue weighted by atomic mass is 9.87. The molecule has 1 heterocycles. The van der Waals surface area contributed by atoms with Crippen molar-refractivity contribution in [3.8, 4) is 23.0 Å². The molecule has 0 saturated carbocycles. The number of likely N-dealkylation sites (N-methyl/N-ethyl adjacent to an activating group) is 1. The maximum atomic E-state index is 10.5. The van der Waals surface area contributed by atoms with Crippen LogP contribution >= 0.6 is 0 Å². The number of rotatable bonds is 5. The van der Waals surface area contributed by atoms with Crippen molar-refractivity contribution in [3.63, 3.8) is 0 Å². The molecule has 0 aliphatic carbocycles. The van der Waals surface area contributed by atoms with Crippen LogP contribution in [0.15, 0.2) is 30.3 Å². The minimum Gasteiger partial charge on any atom is -0.502 e. The van der Waals surface area contributed by atoms with Gasteiger partial charge in [-0.25, -0.2) is 0 Å². The fourth-order valence-electron chi connectivity index (χ4n) is 3.54. The summed E-state index contributed by atoms with van der Waals surface area (Å²) in [6, 6.07) is 10.2. The molecule has 0 saturated heterocycles. The van der Waals surface area contributed by atoms with Crippen LogP contribution in [-0.4, -0.2) is 44.9 Å². The lowest BCUT2D eigenvalue weighted by molar-refractivity contribution is 0.219. The number of nitrogens with zero attached hydrogens (tertiary/aromatic N) is 1. The van der Waals surface area contributed by atoms with E-state index in [9.17, 15) is 5.11 Å². The molecule has 0 fully saturated rings. The van der Waals surface area contributed by atoms with E-state index in [-0.39, 0.29) is 11.8 Å². The number of phenols is 1. The van der Waals surface area contributed by atoms with Crippen LogP contribution in [0, 0.1) is 0 Å². The molecule has 2 aromatic carbocycles. The van der Waals surface area contributed by atoms with Crippen LogP contribution in [0.5, 0.6) is 23.0 Å². The highest BCUT2D eigenvalue weighted by atomic mass is 16.5. The number of benzene rings is 2. The summed E-state index contributed by atoms with van der Waals surface area (Å²) in [5.74, 6) is 1.89. The molecule has 3 rings (SSSR count). The third-order valence-electron chi connectivity index (χ3n) is 4.96. The highest BCUT2D eigenvalue weighted by molar-refractivity contribution is 5.60. The molecule has 0 spiro atoms. The van der Waals surface area contributed by atoms with Gasteiger partial charge in [0.1, 0.15) is 5.75 Å². The third kappa shape index (κ3) is 3.24. The molecule has 1 N–H and O–H groups in total. The van der Waals surface area contributed by atoms with Gasteiger partial charge in [0.2, 0.25) is 5.75 Å². The predicted molar refractivity (Wildman–Crippen MR) is 97.0 cm³/mol. The topological polar surface area (TPSA) is 51.2 Å². The van der Waals surface area contributed by atoms with Crippen molar-refractivity contribution in [3.05, 3.63) is 47.0 Å². The Morgan fingerprint density at radius 1 is 1.08 bits per heavy atom. The maximum Gasteiger partial charge on any atom is 0.201 e. The number of ether oxygens (including phenoxy) is 3. The monoisotopic (exact) mass is 343 g/mol. The average Bonchev–Trinajstić information content (AvgIpc) is 2.64. The Balaban J connectivity index is 2.02. The van der Waals surface area contributed by atoms with Gasteiger partial charge in [-0.05, 0) is 49.2 Å². The summed E-state index contributed by atoms with van der Waals surface area (Å²) in [6.07, 6.45) is 1.73. The van der Waals surface area contributed by atoms with E-state index in [1.165, 1.54) is 11.1 Å². The summed E-state index contributed by atoms with van der Waals surface area (Å²) in [7, 11) is 6.93. The molecule has 1 atom stereocenters. The second kappa shape index (κ2) is 7.23. The molecule has 0 amide bonds. The Kier molecular flexibility index (Phi) is 5.04. The Labute approximate surface area is 148 Å². The van der Waals surface area contributed by atoms with Crippen molar-refractivity contribution in [2.24, 2.45) is 0 Å². The number of fused-ring (bicyclic) bond motifs is 1. The van der Waals surface area contributed by atoms with Crippen LogP contribution in [0.2, 0.25) is 0 Å². The molecule has 0 radical (unpaired) electrons. The minimum atomic E-state index is 0.0683. The second-order valence-corrected chi connectivity index (χ2v) is 6.33. The first-order valence-electron chi connectivity index (χ1n) is 8.39. The molecular weight excluding hydrogens is 318 g/mol. The van der Waals surface area contributed by atoms with Crippen LogP contribution < -0.4 is 14.2 Å². The van der Waals surface area contributed by atoms with Gasteiger partial charge in [-0.2, -0.15) is 0 Å². The molecule has 25 heavy (non-hydrogen) atoms. The number of hydrogen-bond donors (Lipinski definition) is 1. The molecule has 5 heteroatoms. The van der Waals surface area contributed by atoms with Gasteiger partial charge in [-0.15, -0.1) is 0 Å². The third-order valence-corrected chi connectivity index (χ3v) is 4.96. The summed E-state index contributed by atoms with van der Waals surface area (Å²) in [5.41, 5.74) is 3.43. The van der Waals surface area contributed by atoms with E-state index in [1.54, 1.807) is 21.3 Å². The zero-order valence-corrected chi connectivity index (χ0v) is 15.2. The second-order valence-electron chi connectivity index (χ2n) is 6.33. The van der Waals surface area contributed by atoms with Crippen molar-refractivity contribution in [1.82, 2.24) is 4.90 Å². The number of aromatic hydroxyl groups is 1. The summed E-state index contributed by atoms with van der Waals surface area (Å²) < 4.78 is 16.1. The Bertz CT molecular complexity index is 742. The van der Waals surface area contributed by atoms with Crippen LogP contribution in [0.4, 0.5) is 0 Å². The number of phenolic OH excluding ortho intramolecular Hbond substituents is 1. The Morgan fingerprint density at radius 3 is 2.40 bits per heavy atom. The van der Waals surface area contributed by atoms with Crippen LogP contribution in [0.25, 0.3) is 0 Å². The van der Waals surface area contributed by atoms with Crippen molar-refractivity contribution >= 4 is 0 Å². The fourth-order valence-corrected chi connectivity index (χ4v) is 3.54. The lowest BCUT2D eigenvalue weighted by Crippen LogP contribution is -2.33. The molecule has 2 aromatic rings. The van der Waals surface area contributed by atoms with Gasteiger partial charge < -0.3 is 19.3 Å². The molecular formula is C20H25NO4.